The number of aromatic nitrogens is 4. The second-order valence-electron chi connectivity index (χ2n) is 6.95. The number of imidazole rings is 1. The van der Waals surface area contributed by atoms with Gasteiger partial charge in [-0.3, -0.25) is 0 Å². The molecule has 4 N–H and O–H groups in total. The Morgan fingerprint density at radius 1 is 1.18 bits per heavy atom. The second-order valence-corrected chi connectivity index (χ2v) is 8.84. The zero-order valence-corrected chi connectivity index (χ0v) is 16.4. The third-order valence-corrected chi connectivity index (χ3v) is 7.14. The van der Waals surface area contributed by atoms with Crippen LogP contribution in [0.15, 0.2) is 35.5 Å². The molecule has 10 heteroatoms. The number of aryl methyl sites for hydroxylation is 1. The van der Waals surface area contributed by atoms with Crippen molar-refractivity contribution in [2.24, 2.45) is 0 Å². The maximum Gasteiger partial charge on any atom is 0.243 e. The molecule has 1 atom stereocenters. The highest BCUT2D eigenvalue weighted by Crippen LogP contribution is 2.28. The van der Waals surface area contributed by atoms with Crippen LogP contribution in [0.1, 0.15) is 25.3 Å². The number of hydrogen-bond donors (Lipinski definition) is 2. The molecule has 148 valence electrons. The van der Waals surface area contributed by atoms with E-state index in [1.54, 1.807) is 27.3 Å². The summed E-state index contributed by atoms with van der Waals surface area (Å²) in [5.74, 6) is 0.284. The molecule has 0 spiro atoms. The molecule has 0 unspecified atom stereocenters. The van der Waals surface area contributed by atoms with E-state index in [2.05, 4.69) is 15.0 Å². The van der Waals surface area contributed by atoms with E-state index in [0.29, 0.717) is 29.1 Å². The number of anilines is 2. The molecular weight excluding hydrogens is 378 g/mol. The zero-order chi connectivity index (χ0) is 19.9. The molecule has 1 aromatic carbocycles. The first-order valence-corrected chi connectivity index (χ1v) is 10.7. The molecule has 2 aromatic heterocycles. The standard InChI is InChI=1S/C18H23N7O2S/c1-2-12-5-7-14(8-6-12)28(26,27)25-9-3-4-13(25)10-24-11-21-15-16(19)22-18(20)23-17(15)24/h5-8,11,13H,2-4,9-10H2,1H3,(H4,19,20,22,23)/t13-/m0/s1. The summed E-state index contributed by atoms with van der Waals surface area (Å²) in [5.41, 5.74) is 13.7. The van der Waals surface area contributed by atoms with Crippen molar-refractivity contribution >= 4 is 33.0 Å². The van der Waals surface area contributed by atoms with Crippen molar-refractivity contribution in [3.63, 3.8) is 0 Å². The summed E-state index contributed by atoms with van der Waals surface area (Å²) < 4.78 is 29.7. The summed E-state index contributed by atoms with van der Waals surface area (Å²) >= 11 is 0. The monoisotopic (exact) mass is 401 g/mol. The molecule has 3 heterocycles. The van der Waals surface area contributed by atoms with Crippen LogP contribution in [0.25, 0.3) is 11.2 Å². The van der Waals surface area contributed by atoms with Crippen LogP contribution in [-0.4, -0.2) is 44.8 Å². The molecule has 0 radical (unpaired) electrons. The van der Waals surface area contributed by atoms with Gasteiger partial charge in [0.05, 0.1) is 11.2 Å². The van der Waals surface area contributed by atoms with Crippen LogP contribution in [0.5, 0.6) is 0 Å². The quantitative estimate of drug-likeness (QED) is 0.660. The Labute approximate surface area is 163 Å². The lowest BCUT2D eigenvalue weighted by molar-refractivity contribution is 0.354. The number of nitrogen functional groups attached to an aromatic ring is 2. The zero-order valence-electron chi connectivity index (χ0n) is 15.6. The number of benzene rings is 1. The van der Waals surface area contributed by atoms with Crippen LogP contribution in [0.3, 0.4) is 0 Å². The van der Waals surface area contributed by atoms with Gasteiger partial charge in [-0.25, -0.2) is 13.4 Å². The van der Waals surface area contributed by atoms with Crippen molar-refractivity contribution in [1.29, 1.82) is 0 Å². The average Bonchev–Trinajstić information content (AvgIpc) is 3.30. The molecule has 0 saturated carbocycles. The normalized spacial score (nSPS) is 18.1. The molecule has 0 amide bonds. The Hall–Kier alpha value is -2.72. The lowest BCUT2D eigenvalue weighted by Gasteiger charge is -2.24. The number of nitrogens with zero attached hydrogens (tertiary/aromatic N) is 5. The highest BCUT2D eigenvalue weighted by atomic mass is 32.2. The van der Waals surface area contributed by atoms with Crippen LogP contribution < -0.4 is 11.5 Å². The fourth-order valence-corrected chi connectivity index (χ4v) is 5.37. The van der Waals surface area contributed by atoms with Crippen LogP contribution in [0, 0.1) is 0 Å². The summed E-state index contributed by atoms with van der Waals surface area (Å²) in [6, 6.07) is 6.91. The molecule has 0 bridgehead atoms. The van der Waals surface area contributed by atoms with Crippen molar-refractivity contribution in [3.05, 3.63) is 36.2 Å². The van der Waals surface area contributed by atoms with Crippen molar-refractivity contribution in [2.75, 3.05) is 18.0 Å². The minimum Gasteiger partial charge on any atom is -0.382 e. The van der Waals surface area contributed by atoms with Gasteiger partial charge >= 0.3 is 0 Å². The van der Waals surface area contributed by atoms with Gasteiger partial charge in [0.1, 0.15) is 5.52 Å². The summed E-state index contributed by atoms with van der Waals surface area (Å²) in [6.07, 6.45) is 4.05. The molecule has 9 nitrogen and oxygen atoms in total. The first-order chi connectivity index (χ1) is 13.4. The van der Waals surface area contributed by atoms with Gasteiger partial charge in [0.25, 0.3) is 0 Å². The van der Waals surface area contributed by atoms with Crippen LogP contribution in [-0.2, 0) is 23.0 Å². The fraction of sp³-hybridized carbons (Fsp3) is 0.389. The number of hydrogen-bond acceptors (Lipinski definition) is 7. The van der Waals surface area contributed by atoms with Gasteiger partial charge in [0.15, 0.2) is 11.5 Å². The van der Waals surface area contributed by atoms with Gasteiger partial charge < -0.3 is 16.0 Å². The van der Waals surface area contributed by atoms with E-state index in [4.69, 9.17) is 11.5 Å². The topological polar surface area (TPSA) is 133 Å². The molecule has 1 fully saturated rings. The average molecular weight is 401 g/mol. The SMILES string of the molecule is CCc1ccc(S(=O)(=O)N2CCC[C@H]2Cn2cnc3c(N)nc(N)nc32)cc1. The molecule has 1 saturated heterocycles. The molecule has 1 aliphatic heterocycles. The maximum absolute atomic E-state index is 13.2. The summed E-state index contributed by atoms with van der Waals surface area (Å²) in [7, 11) is -3.57. The van der Waals surface area contributed by atoms with E-state index in [9.17, 15) is 8.42 Å². The minimum atomic E-state index is -3.57. The van der Waals surface area contributed by atoms with Crippen LogP contribution in [0.4, 0.5) is 11.8 Å². The molecule has 1 aliphatic rings. The Bertz CT molecular complexity index is 1110. The molecule has 4 rings (SSSR count). The first kappa shape index (κ1) is 18.6. The first-order valence-electron chi connectivity index (χ1n) is 9.24. The third-order valence-electron chi connectivity index (χ3n) is 5.18. The third kappa shape index (κ3) is 3.18. The summed E-state index contributed by atoms with van der Waals surface area (Å²) in [4.78, 5) is 12.7. The van der Waals surface area contributed by atoms with Gasteiger partial charge in [-0.05, 0) is 37.0 Å². The Morgan fingerprint density at radius 3 is 2.64 bits per heavy atom. The summed E-state index contributed by atoms with van der Waals surface area (Å²) in [5, 5.41) is 0. The predicted molar refractivity (Wildman–Crippen MR) is 107 cm³/mol. The van der Waals surface area contributed by atoms with Gasteiger partial charge in [-0.15, -0.1) is 0 Å². The number of rotatable bonds is 5. The Kier molecular flexibility index (Phi) is 4.68. The maximum atomic E-state index is 13.2. The smallest absolute Gasteiger partial charge is 0.243 e. The highest BCUT2D eigenvalue weighted by molar-refractivity contribution is 7.89. The molecular formula is C18H23N7O2S. The van der Waals surface area contributed by atoms with E-state index in [1.807, 2.05) is 19.1 Å². The fourth-order valence-electron chi connectivity index (χ4n) is 3.68. The molecule has 0 aliphatic carbocycles. The Morgan fingerprint density at radius 2 is 1.93 bits per heavy atom. The van der Waals surface area contributed by atoms with E-state index in [1.165, 1.54) is 0 Å². The lowest BCUT2D eigenvalue weighted by Crippen LogP contribution is -2.38. The Balaban J connectivity index is 1.63. The highest BCUT2D eigenvalue weighted by Gasteiger charge is 2.35. The van der Waals surface area contributed by atoms with Gasteiger partial charge in [0, 0.05) is 19.1 Å². The van der Waals surface area contributed by atoms with E-state index < -0.39 is 10.0 Å². The molecule has 3 aromatic rings. The van der Waals surface area contributed by atoms with Crippen molar-refractivity contribution in [2.45, 2.75) is 43.7 Å². The number of nitrogens with two attached hydrogens (primary N) is 2. The summed E-state index contributed by atoms with van der Waals surface area (Å²) in [6.45, 7) is 2.96. The molecule has 28 heavy (non-hydrogen) atoms. The largest absolute Gasteiger partial charge is 0.382 e. The van der Waals surface area contributed by atoms with Gasteiger partial charge in [0.2, 0.25) is 16.0 Å². The van der Waals surface area contributed by atoms with E-state index in [0.717, 1.165) is 24.8 Å². The van der Waals surface area contributed by atoms with Gasteiger partial charge in [-0.1, -0.05) is 19.1 Å². The number of fused-ring (bicyclic) bond motifs is 1. The predicted octanol–water partition coefficient (Wildman–Crippen LogP) is 1.41. The second kappa shape index (κ2) is 7.02. The van der Waals surface area contributed by atoms with E-state index in [-0.39, 0.29) is 17.8 Å². The lowest BCUT2D eigenvalue weighted by atomic mass is 10.2. The van der Waals surface area contributed by atoms with Crippen molar-refractivity contribution < 1.29 is 8.42 Å². The number of sulfonamides is 1. The van der Waals surface area contributed by atoms with Gasteiger partial charge in [-0.2, -0.15) is 14.3 Å². The minimum absolute atomic E-state index is 0.0682. The van der Waals surface area contributed by atoms with E-state index >= 15 is 0 Å². The van der Waals surface area contributed by atoms with Crippen molar-refractivity contribution in [1.82, 2.24) is 23.8 Å². The van der Waals surface area contributed by atoms with Crippen molar-refractivity contribution in [3.8, 4) is 0 Å². The van der Waals surface area contributed by atoms with Crippen LogP contribution >= 0.6 is 0 Å². The van der Waals surface area contributed by atoms with Crippen LogP contribution in [0.2, 0.25) is 0 Å².